The van der Waals surface area contributed by atoms with Crippen LogP contribution in [0.4, 0.5) is 4.79 Å². The molecule has 0 saturated carbocycles. The molecule has 2 atom stereocenters. The highest BCUT2D eigenvalue weighted by atomic mass is 35.5. The monoisotopic (exact) mass is 275 g/mol. The number of aliphatic hydroxyl groups excluding tert-OH is 2. The topological polar surface area (TPSA) is 99.0 Å². The number of rotatable bonds is 5. The van der Waals surface area contributed by atoms with Crippen molar-refractivity contribution in [2.75, 3.05) is 6.61 Å². The Morgan fingerprint density at radius 2 is 2.17 bits per heavy atom. The Kier molecular flexibility index (Phi) is 5.21. The first-order chi connectivity index (χ1) is 8.40. The molecule has 100 valence electrons. The maximum Gasteiger partial charge on any atom is 0.406 e. The van der Waals surface area contributed by atoms with Gasteiger partial charge in [0.05, 0.1) is 0 Å². The van der Waals surface area contributed by atoms with Gasteiger partial charge in [-0.3, -0.25) is 5.32 Å². The fourth-order valence-electron chi connectivity index (χ4n) is 1.22. The molecule has 0 bridgehead atoms. The van der Waals surface area contributed by atoms with E-state index in [0.717, 1.165) is 5.56 Å². The van der Waals surface area contributed by atoms with Crippen LogP contribution >= 0.6 is 11.6 Å². The number of hydrogen-bond acceptors (Lipinski definition) is 4. The number of carboxylic acid groups (broad SMARTS) is 1. The molecule has 6 nitrogen and oxygen atoms in total. The predicted molar refractivity (Wildman–Crippen MR) is 64.9 cm³/mol. The lowest BCUT2D eigenvalue weighted by Gasteiger charge is -2.18. The zero-order valence-electron chi connectivity index (χ0n) is 9.63. The van der Waals surface area contributed by atoms with Crippen LogP contribution in [0.15, 0.2) is 18.2 Å². The standard InChI is InChI=1S/C11H14ClNO5/c1-6-2-3-7(12)4-9(6)18-5-8(14)10(15)13-11(16)17/h2-4,8,10,13-15H,5H2,1H3,(H,16,17). The first-order valence-corrected chi connectivity index (χ1v) is 5.52. The fourth-order valence-corrected chi connectivity index (χ4v) is 1.38. The number of carbonyl (C=O) groups is 1. The van der Waals surface area contributed by atoms with Gasteiger partial charge in [0.15, 0.2) is 6.23 Å². The second-order valence-electron chi connectivity index (χ2n) is 3.68. The van der Waals surface area contributed by atoms with Gasteiger partial charge in [-0.1, -0.05) is 17.7 Å². The Bertz CT molecular complexity index is 426. The predicted octanol–water partition coefficient (Wildman–Crippen LogP) is 0.974. The Hall–Kier alpha value is -1.50. The van der Waals surface area contributed by atoms with Crippen LogP contribution in [0, 0.1) is 6.92 Å². The van der Waals surface area contributed by atoms with Gasteiger partial charge in [0.1, 0.15) is 18.5 Å². The summed E-state index contributed by atoms with van der Waals surface area (Å²) in [6, 6.07) is 5.01. The van der Waals surface area contributed by atoms with Crippen LogP contribution in [-0.2, 0) is 0 Å². The summed E-state index contributed by atoms with van der Waals surface area (Å²) in [5.41, 5.74) is 0.812. The van der Waals surface area contributed by atoms with Gasteiger partial charge in [0, 0.05) is 5.02 Å². The summed E-state index contributed by atoms with van der Waals surface area (Å²) in [6.07, 6.45) is -4.41. The van der Waals surface area contributed by atoms with E-state index in [4.69, 9.17) is 21.4 Å². The highest BCUT2D eigenvalue weighted by molar-refractivity contribution is 6.30. The van der Waals surface area contributed by atoms with Crippen LogP contribution in [0.2, 0.25) is 5.02 Å². The van der Waals surface area contributed by atoms with Crippen LogP contribution in [0.3, 0.4) is 0 Å². The molecule has 0 radical (unpaired) electrons. The SMILES string of the molecule is Cc1ccc(Cl)cc1OCC(O)C(O)NC(=O)O. The molecule has 2 unspecified atom stereocenters. The molecule has 0 aliphatic heterocycles. The lowest BCUT2D eigenvalue weighted by molar-refractivity contribution is -0.0221. The van der Waals surface area contributed by atoms with Gasteiger partial charge in [-0.25, -0.2) is 4.79 Å². The molecule has 0 fully saturated rings. The van der Waals surface area contributed by atoms with Crippen molar-refractivity contribution in [3.05, 3.63) is 28.8 Å². The third-order valence-electron chi connectivity index (χ3n) is 2.20. The normalized spacial score (nSPS) is 13.8. The van der Waals surface area contributed by atoms with Crippen molar-refractivity contribution in [2.24, 2.45) is 0 Å². The quantitative estimate of drug-likeness (QED) is 0.600. The van der Waals surface area contributed by atoms with Crippen molar-refractivity contribution in [1.82, 2.24) is 5.32 Å². The maximum absolute atomic E-state index is 10.2. The first kappa shape index (κ1) is 14.6. The summed E-state index contributed by atoms with van der Waals surface area (Å²) in [7, 11) is 0. The molecule has 18 heavy (non-hydrogen) atoms. The van der Waals surface area contributed by atoms with E-state index in [2.05, 4.69) is 0 Å². The van der Waals surface area contributed by atoms with E-state index in [1.807, 2.05) is 0 Å². The van der Waals surface area contributed by atoms with Gasteiger partial charge >= 0.3 is 6.09 Å². The van der Waals surface area contributed by atoms with Gasteiger partial charge < -0.3 is 20.1 Å². The highest BCUT2D eigenvalue weighted by Gasteiger charge is 2.19. The van der Waals surface area contributed by atoms with Crippen molar-refractivity contribution in [3.8, 4) is 5.75 Å². The van der Waals surface area contributed by atoms with E-state index in [0.29, 0.717) is 10.8 Å². The molecule has 7 heteroatoms. The van der Waals surface area contributed by atoms with Crippen molar-refractivity contribution in [3.63, 3.8) is 0 Å². The summed E-state index contributed by atoms with van der Waals surface area (Å²) in [6.45, 7) is 1.53. The molecule has 0 spiro atoms. The Balaban J connectivity index is 2.54. The molecule has 1 rings (SSSR count). The Morgan fingerprint density at radius 3 is 2.78 bits per heavy atom. The first-order valence-electron chi connectivity index (χ1n) is 5.14. The molecule has 0 aliphatic rings. The van der Waals surface area contributed by atoms with E-state index in [9.17, 15) is 15.0 Å². The number of aliphatic hydroxyl groups is 2. The minimum atomic E-state index is -1.61. The molecule has 0 aliphatic carbocycles. The molecule has 1 aromatic carbocycles. The second-order valence-corrected chi connectivity index (χ2v) is 4.12. The maximum atomic E-state index is 10.2. The third kappa shape index (κ3) is 4.40. The van der Waals surface area contributed by atoms with Gasteiger partial charge in [0.25, 0.3) is 0 Å². The van der Waals surface area contributed by atoms with Crippen LogP contribution in [-0.4, -0.2) is 40.4 Å². The van der Waals surface area contributed by atoms with Crippen LogP contribution in [0.25, 0.3) is 0 Å². The molecule has 0 saturated heterocycles. The molecule has 4 N–H and O–H groups in total. The minimum absolute atomic E-state index is 0.261. The molecular formula is C11H14ClNO5. The van der Waals surface area contributed by atoms with Crippen LogP contribution in [0.1, 0.15) is 5.56 Å². The average Bonchev–Trinajstić information content (AvgIpc) is 2.29. The van der Waals surface area contributed by atoms with Crippen molar-refractivity contribution in [1.29, 1.82) is 0 Å². The largest absolute Gasteiger partial charge is 0.490 e. The Labute approximate surface area is 109 Å². The number of hydrogen-bond donors (Lipinski definition) is 4. The summed E-state index contributed by atoms with van der Waals surface area (Å²) in [5.74, 6) is 0.462. The smallest absolute Gasteiger partial charge is 0.406 e. The number of benzene rings is 1. The lowest BCUT2D eigenvalue weighted by atomic mass is 10.2. The number of aryl methyl sites for hydroxylation is 1. The molecule has 1 amide bonds. The fraction of sp³-hybridized carbons (Fsp3) is 0.364. The van der Waals surface area contributed by atoms with Crippen LogP contribution in [0.5, 0.6) is 5.75 Å². The van der Waals surface area contributed by atoms with Gasteiger partial charge in [-0.2, -0.15) is 0 Å². The van der Waals surface area contributed by atoms with Gasteiger partial charge in [-0.15, -0.1) is 0 Å². The Morgan fingerprint density at radius 1 is 1.50 bits per heavy atom. The summed E-state index contributed by atoms with van der Waals surface area (Å²) in [4.78, 5) is 10.2. The van der Waals surface area contributed by atoms with E-state index < -0.39 is 18.4 Å². The third-order valence-corrected chi connectivity index (χ3v) is 2.43. The zero-order valence-corrected chi connectivity index (χ0v) is 10.4. The summed E-state index contributed by atoms with van der Waals surface area (Å²) < 4.78 is 5.25. The number of halogens is 1. The van der Waals surface area contributed by atoms with Gasteiger partial charge in [-0.05, 0) is 24.6 Å². The van der Waals surface area contributed by atoms with E-state index in [-0.39, 0.29) is 6.61 Å². The number of amides is 1. The molecule has 0 heterocycles. The van der Waals surface area contributed by atoms with Crippen LogP contribution < -0.4 is 10.1 Å². The second kappa shape index (κ2) is 6.44. The summed E-state index contributed by atoms with van der Waals surface area (Å²) in [5, 5.41) is 29.3. The molecule has 0 aromatic heterocycles. The van der Waals surface area contributed by atoms with Crippen molar-refractivity contribution in [2.45, 2.75) is 19.3 Å². The zero-order chi connectivity index (χ0) is 13.7. The van der Waals surface area contributed by atoms with E-state index in [1.165, 1.54) is 0 Å². The van der Waals surface area contributed by atoms with E-state index >= 15 is 0 Å². The van der Waals surface area contributed by atoms with E-state index in [1.54, 1.807) is 30.4 Å². The highest BCUT2D eigenvalue weighted by Crippen LogP contribution is 2.22. The summed E-state index contributed by atoms with van der Waals surface area (Å²) >= 11 is 5.78. The molecule has 1 aromatic rings. The average molecular weight is 276 g/mol. The molecular weight excluding hydrogens is 262 g/mol. The number of nitrogens with one attached hydrogen (secondary N) is 1. The van der Waals surface area contributed by atoms with Crippen molar-refractivity contribution < 1.29 is 24.9 Å². The minimum Gasteiger partial charge on any atom is -0.490 e. The van der Waals surface area contributed by atoms with Crippen molar-refractivity contribution >= 4 is 17.7 Å². The number of ether oxygens (including phenoxy) is 1. The lowest BCUT2D eigenvalue weighted by Crippen LogP contribution is -2.45. The van der Waals surface area contributed by atoms with Gasteiger partial charge in [0.2, 0.25) is 0 Å².